The number of likely N-dealkylation sites (N-methyl/N-ethyl adjacent to an activating group) is 1. The van der Waals surface area contributed by atoms with Crippen molar-refractivity contribution in [1.29, 1.82) is 0 Å². The molecule has 7 heteroatoms. The van der Waals surface area contributed by atoms with Crippen LogP contribution in [0.5, 0.6) is 0 Å². The van der Waals surface area contributed by atoms with Crippen molar-refractivity contribution in [2.75, 3.05) is 7.05 Å². The number of nitrogens with one attached hydrogen (secondary N) is 1. The third-order valence-electron chi connectivity index (χ3n) is 2.94. The quantitative estimate of drug-likeness (QED) is 0.886. The van der Waals surface area contributed by atoms with E-state index in [0.717, 1.165) is 0 Å². The minimum absolute atomic E-state index is 0.00846. The number of halogens is 3. The average molecular weight is 304 g/mol. The second-order valence-corrected chi connectivity index (χ2v) is 4.75. The van der Waals surface area contributed by atoms with E-state index in [1.165, 1.54) is 19.2 Å². The van der Waals surface area contributed by atoms with Gasteiger partial charge in [-0.1, -0.05) is 11.6 Å². The number of nitrogens with zero attached hydrogens (tertiary/aromatic N) is 2. The Bertz CT molecular complexity index is 641. The van der Waals surface area contributed by atoms with Gasteiger partial charge in [-0.15, -0.1) is 11.6 Å². The van der Waals surface area contributed by atoms with E-state index in [1.807, 2.05) is 0 Å². The second-order valence-electron chi connectivity index (χ2n) is 4.08. The lowest BCUT2D eigenvalue weighted by molar-refractivity contribution is -0.123. The van der Waals surface area contributed by atoms with E-state index < -0.39 is 11.9 Å². The van der Waals surface area contributed by atoms with E-state index in [9.17, 15) is 9.18 Å². The third-order valence-corrected chi connectivity index (χ3v) is 3.47. The molecule has 1 heterocycles. The smallest absolute Gasteiger partial charge is 0.242 e. The van der Waals surface area contributed by atoms with Crippen LogP contribution in [0.1, 0.15) is 18.8 Å². The van der Waals surface area contributed by atoms with Crippen molar-refractivity contribution >= 4 is 40.1 Å². The minimum atomic E-state index is -0.555. The predicted octanol–water partition coefficient (Wildman–Crippen LogP) is 2.87. The number of alkyl halides is 1. The van der Waals surface area contributed by atoms with Crippen LogP contribution < -0.4 is 5.32 Å². The summed E-state index contributed by atoms with van der Waals surface area (Å²) < 4.78 is 15.2. The number of benzene rings is 1. The first kappa shape index (κ1) is 14.1. The molecule has 0 radical (unpaired) electrons. The van der Waals surface area contributed by atoms with Crippen molar-refractivity contribution in [2.45, 2.75) is 18.8 Å². The van der Waals surface area contributed by atoms with Crippen LogP contribution in [-0.4, -0.2) is 22.5 Å². The maximum atomic E-state index is 13.6. The van der Waals surface area contributed by atoms with Gasteiger partial charge in [-0.2, -0.15) is 0 Å². The van der Waals surface area contributed by atoms with Gasteiger partial charge in [0.15, 0.2) is 0 Å². The molecular weight excluding hydrogens is 292 g/mol. The fourth-order valence-corrected chi connectivity index (χ4v) is 2.34. The van der Waals surface area contributed by atoms with Crippen LogP contribution in [0, 0.1) is 5.82 Å². The van der Waals surface area contributed by atoms with Gasteiger partial charge >= 0.3 is 0 Å². The van der Waals surface area contributed by atoms with Gasteiger partial charge in [-0.05, 0) is 13.0 Å². The molecule has 0 saturated carbocycles. The van der Waals surface area contributed by atoms with Crippen molar-refractivity contribution in [3.63, 3.8) is 0 Å². The zero-order chi connectivity index (χ0) is 14.2. The highest BCUT2D eigenvalue weighted by molar-refractivity contribution is 6.31. The molecule has 0 fully saturated rings. The number of rotatable bonds is 3. The number of carbonyl (C=O) groups is 1. The molecule has 1 amide bonds. The number of amides is 1. The Labute approximate surface area is 119 Å². The van der Waals surface area contributed by atoms with Crippen molar-refractivity contribution in [2.24, 2.45) is 0 Å². The van der Waals surface area contributed by atoms with Gasteiger partial charge in [-0.25, -0.2) is 9.37 Å². The summed E-state index contributed by atoms with van der Waals surface area (Å²) >= 11 is 11.6. The Morgan fingerprint density at radius 2 is 2.26 bits per heavy atom. The minimum Gasteiger partial charge on any atom is -0.357 e. The number of hydrogen-bond acceptors (Lipinski definition) is 2. The molecule has 1 N–H and O–H groups in total. The number of aromatic nitrogens is 2. The van der Waals surface area contributed by atoms with Gasteiger partial charge < -0.3 is 9.88 Å². The van der Waals surface area contributed by atoms with Crippen LogP contribution in [0.3, 0.4) is 0 Å². The topological polar surface area (TPSA) is 46.9 Å². The van der Waals surface area contributed by atoms with Crippen LogP contribution >= 0.6 is 23.2 Å². The second kappa shape index (κ2) is 5.35. The van der Waals surface area contributed by atoms with E-state index in [2.05, 4.69) is 10.3 Å². The lowest BCUT2D eigenvalue weighted by Crippen LogP contribution is -2.28. The number of hydrogen-bond donors (Lipinski definition) is 1. The van der Waals surface area contributed by atoms with E-state index in [-0.39, 0.29) is 16.8 Å². The molecule has 0 aliphatic carbocycles. The molecular formula is C12H12Cl2FN3O. The van der Waals surface area contributed by atoms with Crippen molar-refractivity contribution in [1.82, 2.24) is 14.9 Å². The summed E-state index contributed by atoms with van der Waals surface area (Å²) in [5, 5.41) is 2.54. The Morgan fingerprint density at radius 1 is 1.58 bits per heavy atom. The summed E-state index contributed by atoms with van der Waals surface area (Å²) in [5.41, 5.74) is 1.01. The normalized spacial score (nSPS) is 12.7. The van der Waals surface area contributed by atoms with Crippen molar-refractivity contribution < 1.29 is 9.18 Å². The summed E-state index contributed by atoms with van der Waals surface area (Å²) in [6.07, 6.45) is 0. The monoisotopic (exact) mass is 303 g/mol. The van der Waals surface area contributed by atoms with Gasteiger partial charge in [0.1, 0.15) is 17.7 Å². The van der Waals surface area contributed by atoms with Gasteiger partial charge in [0.05, 0.1) is 21.9 Å². The third kappa shape index (κ3) is 2.40. The molecule has 4 nitrogen and oxygen atoms in total. The fourth-order valence-electron chi connectivity index (χ4n) is 1.99. The number of carbonyl (C=O) groups excluding carboxylic acids is 1. The molecule has 1 atom stereocenters. The summed E-state index contributed by atoms with van der Waals surface area (Å²) in [4.78, 5) is 16.0. The molecule has 19 heavy (non-hydrogen) atoms. The maximum Gasteiger partial charge on any atom is 0.242 e. The van der Waals surface area contributed by atoms with Gasteiger partial charge in [-0.3, -0.25) is 4.79 Å². The molecule has 2 rings (SSSR count). The highest BCUT2D eigenvalue weighted by Crippen LogP contribution is 2.27. The molecule has 0 aliphatic heterocycles. The zero-order valence-electron chi connectivity index (χ0n) is 10.4. The molecule has 1 aromatic heterocycles. The zero-order valence-corrected chi connectivity index (χ0v) is 11.9. The van der Waals surface area contributed by atoms with Crippen LogP contribution in [0.2, 0.25) is 5.02 Å². The summed E-state index contributed by atoms with van der Waals surface area (Å²) in [6, 6.07) is 2.15. The van der Waals surface area contributed by atoms with Gasteiger partial charge in [0.25, 0.3) is 0 Å². The summed E-state index contributed by atoms with van der Waals surface area (Å²) in [7, 11) is 1.54. The molecule has 0 saturated heterocycles. The van der Waals surface area contributed by atoms with Crippen LogP contribution in [0.25, 0.3) is 11.0 Å². The highest BCUT2D eigenvalue weighted by Gasteiger charge is 2.21. The maximum absolute atomic E-state index is 13.6. The van der Waals surface area contributed by atoms with Gasteiger partial charge in [0, 0.05) is 13.1 Å². The van der Waals surface area contributed by atoms with Crippen LogP contribution in [0.15, 0.2) is 12.1 Å². The number of fused-ring (bicyclic) bond motifs is 1. The average Bonchev–Trinajstić information content (AvgIpc) is 2.75. The highest BCUT2D eigenvalue weighted by atomic mass is 35.5. The Morgan fingerprint density at radius 3 is 2.84 bits per heavy atom. The first-order valence-electron chi connectivity index (χ1n) is 5.63. The van der Waals surface area contributed by atoms with E-state index in [0.29, 0.717) is 16.9 Å². The lowest BCUT2D eigenvalue weighted by Gasteiger charge is -2.15. The Balaban J connectivity index is 2.70. The molecule has 102 valence electrons. The number of imidazole rings is 1. The molecule has 0 spiro atoms. The van der Waals surface area contributed by atoms with E-state index in [4.69, 9.17) is 23.2 Å². The van der Waals surface area contributed by atoms with Crippen LogP contribution in [0.4, 0.5) is 4.39 Å². The van der Waals surface area contributed by atoms with Crippen molar-refractivity contribution in [3.8, 4) is 0 Å². The van der Waals surface area contributed by atoms with E-state index >= 15 is 0 Å². The van der Waals surface area contributed by atoms with E-state index in [1.54, 1.807) is 11.5 Å². The lowest BCUT2D eigenvalue weighted by atomic mass is 10.2. The Hall–Kier alpha value is -1.33. The predicted molar refractivity (Wildman–Crippen MR) is 73.0 cm³/mol. The first-order valence-corrected chi connectivity index (χ1v) is 6.54. The summed E-state index contributed by atoms with van der Waals surface area (Å²) in [5.74, 6) is -0.147. The Kier molecular flexibility index (Phi) is 3.96. The molecule has 0 bridgehead atoms. The fraction of sp³-hybridized carbons (Fsp3) is 0.333. The largest absolute Gasteiger partial charge is 0.357 e. The molecule has 2 aromatic rings. The van der Waals surface area contributed by atoms with Crippen LogP contribution in [-0.2, 0) is 10.7 Å². The summed E-state index contributed by atoms with van der Waals surface area (Å²) in [6.45, 7) is 1.70. The first-order chi connectivity index (χ1) is 8.99. The van der Waals surface area contributed by atoms with Crippen molar-refractivity contribution in [3.05, 3.63) is 28.8 Å². The standard InChI is InChI=1S/C12H12Cl2FN3O/c1-6(12(19)16-2)18-10-4-8(15)7(14)3-9(10)17-11(18)5-13/h3-4,6H,5H2,1-2H3,(H,16,19). The molecule has 1 unspecified atom stereocenters. The molecule has 0 aliphatic rings. The van der Waals surface area contributed by atoms with Gasteiger partial charge in [0.2, 0.25) is 5.91 Å². The SMILES string of the molecule is CNC(=O)C(C)n1c(CCl)nc2cc(Cl)c(F)cc21. The molecule has 1 aromatic carbocycles.